The zero-order chi connectivity index (χ0) is 15.3. The van der Waals surface area contributed by atoms with Gasteiger partial charge in [-0.15, -0.1) is 10.4 Å². The topological polar surface area (TPSA) is 37.4 Å². The summed E-state index contributed by atoms with van der Waals surface area (Å²) < 4.78 is 26.0. The number of aryl methyl sites for hydroxylation is 1. The third-order valence-corrected chi connectivity index (χ3v) is 5.64. The molecule has 0 aromatic heterocycles. The molecular formula is C15H22ClNO2S. The van der Waals surface area contributed by atoms with Gasteiger partial charge in [-0.3, -0.25) is 0 Å². The van der Waals surface area contributed by atoms with E-state index < -0.39 is 10.0 Å². The highest BCUT2D eigenvalue weighted by molar-refractivity contribution is 7.90. The van der Waals surface area contributed by atoms with Crippen LogP contribution in [0.25, 0.3) is 0 Å². The third-order valence-electron chi connectivity index (χ3n) is 3.25. The van der Waals surface area contributed by atoms with E-state index in [0.29, 0.717) is 6.42 Å². The van der Waals surface area contributed by atoms with Crippen LogP contribution in [0.2, 0.25) is 0 Å². The highest BCUT2D eigenvalue weighted by Gasteiger charge is 2.31. The number of sulfonamides is 1. The highest BCUT2D eigenvalue weighted by atomic mass is 35.5. The molecule has 5 heteroatoms. The zero-order valence-electron chi connectivity index (χ0n) is 12.2. The molecule has 20 heavy (non-hydrogen) atoms. The predicted octanol–water partition coefficient (Wildman–Crippen LogP) is 4.13. The molecule has 3 nitrogen and oxygen atoms in total. The van der Waals surface area contributed by atoms with Crippen molar-refractivity contribution in [2.75, 3.05) is 0 Å². The van der Waals surface area contributed by atoms with Crippen molar-refractivity contribution in [2.24, 2.45) is 5.92 Å². The normalized spacial score (nSPS) is 13.7. The van der Waals surface area contributed by atoms with Crippen LogP contribution in [0.5, 0.6) is 0 Å². The highest BCUT2D eigenvalue weighted by Crippen LogP contribution is 2.27. The van der Waals surface area contributed by atoms with Crippen molar-refractivity contribution in [3.8, 4) is 0 Å². The summed E-state index contributed by atoms with van der Waals surface area (Å²) in [6, 6.07) is 6.47. The molecule has 0 heterocycles. The van der Waals surface area contributed by atoms with Gasteiger partial charge in [0, 0.05) is 6.04 Å². The lowest BCUT2D eigenvalue weighted by Gasteiger charge is -2.27. The van der Waals surface area contributed by atoms with Crippen LogP contribution in [-0.4, -0.2) is 18.3 Å². The molecule has 0 aliphatic rings. The van der Waals surface area contributed by atoms with Crippen molar-refractivity contribution in [1.82, 2.24) is 3.82 Å². The maximum atomic E-state index is 12.5. The lowest BCUT2D eigenvalue weighted by atomic mass is 10.0. The smallest absolute Gasteiger partial charge is 0.206 e. The first-order valence-corrected chi connectivity index (χ1v) is 8.46. The van der Waals surface area contributed by atoms with Crippen LogP contribution >= 0.6 is 11.8 Å². The molecule has 0 aliphatic heterocycles. The van der Waals surface area contributed by atoms with E-state index in [9.17, 15) is 8.42 Å². The minimum atomic E-state index is -3.67. The standard InChI is InChI=1S/C15H22ClNO2S/c1-5-6-7-15(12(2)3)17(16)20(18,19)14-10-8-13(4)9-11-14/h5,8-12,15H,1,6-7H2,2-4H3/t15-/m1/s1. The van der Waals surface area contributed by atoms with Gasteiger partial charge in [0.2, 0.25) is 0 Å². The summed E-state index contributed by atoms with van der Waals surface area (Å²) in [5.74, 6) is 0.132. The minimum Gasteiger partial charge on any atom is -0.206 e. The fourth-order valence-corrected chi connectivity index (χ4v) is 3.90. The fourth-order valence-electron chi connectivity index (χ4n) is 1.95. The third kappa shape index (κ3) is 4.08. The van der Waals surface area contributed by atoms with E-state index in [2.05, 4.69) is 6.58 Å². The van der Waals surface area contributed by atoms with Crippen LogP contribution in [0, 0.1) is 12.8 Å². The molecule has 0 bridgehead atoms. The molecule has 1 aromatic rings. The Morgan fingerprint density at radius 3 is 2.30 bits per heavy atom. The van der Waals surface area contributed by atoms with Crippen LogP contribution in [0.1, 0.15) is 32.3 Å². The molecule has 0 amide bonds. The average Bonchev–Trinajstić information content (AvgIpc) is 2.39. The summed E-state index contributed by atoms with van der Waals surface area (Å²) in [5.41, 5.74) is 1.01. The fraction of sp³-hybridized carbons (Fsp3) is 0.467. The molecule has 0 fully saturated rings. The van der Waals surface area contributed by atoms with Gasteiger partial charge in [-0.2, -0.15) is 0 Å². The monoisotopic (exact) mass is 315 g/mol. The number of nitrogens with zero attached hydrogens (tertiary/aromatic N) is 1. The summed E-state index contributed by atoms with van der Waals surface area (Å²) in [6.45, 7) is 9.52. The lowest BCUT2D eigenvalue weighted by molar-refractivity contribution is 0.339. The molecule has 1 rings (SSSR count). The Bertz CT molecular complexity index is 537. The lowest BCUT2D eigenvalue weighted by Crippen LogP contribution is -2.36. The number of benzene rings is 1. The van der Waals surface area contributed by atoms with Crippen molar-refractivity contribution in [3.05, 3.63) is 42.5 Å². The Hall–Kier alpha value is -0.840. The van der Waals surface area contributed by atoms with Gasteiger partial charge in [-0.05, 0) is 49.6 Å². The molecule has 0 N–H and O–H groups in total. The Morgan fingerprint density at radius 2 is 1.85 bits per heavy atom. The first kappa shape index (κ1) is 17.2. The minimum absolute atomic E-state index is 0.132. The number of allylic oxidation sites excluding steroid dienone is 1. The van der Waals surface area contributed by atoms with E-state index in [0.717, 1.165) is 15.8 Å². The van der Waals surface area contributed by atoms with E-state index in [4.69, 9.17) is 11.8 Å². The molecule has 0 radical (unpaired) electrons. The summed E-state index contributed by atoms with van der Waals surface area (Å²) in [4.78, 5) is 0.224. The second-order valence-corrected chi connectivity index (χ2v) is 7.62. The summed E-state index contributed by atoms with van der Waals surface area (Å²) >= 11 is 6.15. The first-order chi connectivity index (χ1) is 9.30. The van der Waals surface area contributed by atoms with Crippen LogP contribution in [0.15, 0.2) is 41.8 Å². The van der Waals surface area contributed by atoms with Crippen LogP contribution < -0.4 is 0 Å². The second-order valence-electron chi connectivity index (χ2n) is 5.24. The second kappa shape index (κ2) is 7.25. The van der Waals surface area contributed by atoms with Crippen molar-refractivity contribution >= 4 is 21.8 Å². The maximum absolute atomic E-state index is 12.5. The largest absolute Gasteiger partial charge is 0.256 e. The zero-order valence-corrected chi connectivity index (χ0v) is 13.8. The Balaban J connectivity index is 3.05. The van der Waals surface area contributed by atoms with E-state index in [1.807, 2.05) is 20.8 Å². The van der Waals surface area contributed by atoms with Gasteiger partial charge in [0.25, 0.3) is 10.0 Å². The van der Waals surface area contributed by atoms with Gasteiger partial charge in [0.05, 0.1) is 4.90 Å². The summed E-state index contributed by atoms with van der Waals surface area (Å²) in [6.07, 6.45) is 3.17. The van der Waals surface area contributed by atoms with Gasteiger partial charge in [-0.1, -0.05) is 37.6 Å². The maximum Gasteiger partial charge on any atom is 0.256 e. The number of hydrogen-bond acceptors (Lipinski definition) is 2. The Morgan fingerprint density at radius 1 is 1.30 bits per heavy atom. The van der Waals surface area contributed by atoms with Crippen molar-refractivity contribution < 1.29 is 8.42 Å². The average molecular weight is 316 g/mol. The number of halogens is 1. The first-order valence-electron chi connectivity index (χ1n) is 6.68. The number of hydrogen-bond donors (Lipinski definition) is 0. The molecule has 0 aliphatic carbocycles. The van der Waals surface area contributed by atoms with Gasteiger partial charge < -0.3 is 0 Å². The molecule has 0 unspecified atom stereocenters. The predicted molar refractivity (Wildman–Crippen MR) is 84.1 cm³/mol. The van der Waals surface area contributed by atoms with Crippen molar-refractivity contribution in [3.63, 3.8) is 0 Å². The van der Waals surface area contributed by atoms with E-state index in [1.165, 1.54) is 0 Å². The summed E-state index contributed by atoms with van der Waals surface area (Å²) in [5, 5.41) is 0. The molecule has 1 aromatic carbocycles. The quantitative estimate of drug-likeness (QED) is 0.560. The van der Waals surface area contributed by atoms with Crippen molar-refractivity contribution in [1.29, 1.82) is 0 Å². The SMILES string of the molecule is C=CCC[C@H](C(C)C)N(Cl)S(=O)(=O)c1ccc(C)cc1. The van der Waals surface area contributed by atoms with E-state index in [-0.39, 0.29) is 16.9 Å². The molecule has 0 spiro atoms. The van der Waals surface area contributed by atoms with Gasteiger partial charge >= 0.3 is 0 Å². The van der Waals surface area contributed by atoms with Gasteiger partial charge in [-0.25, -0.2) is 8.42 Å². The molecule has 0 saturated carbocycles. The van der Waals surface area contributed by atoms with Crippen molar-refractivity contribution in [2.45, 2.75) is 44.6 Å². The molecule has 1 atom stereocenters. The van der Waals surface area contributed by atoms with Gasteiger partial charge in [0.15, 0.2) is 0 Å². The Labute approximate surface area is 127 Å². The molecule has 0 saturated heterocycles. The van der Waals surface area contributed by atoms with Crippen LogP contribution in [0.4, 0.5) is 0 Å². The van der Waals surface area contributed by atoms with E-state index in [1.54, 1.807) is 30.3 Å². The van der Waals surface area contributed by atoms with Crippen LogP contribution in [-0.2, 0) is 10.0 Å². The summed E-state index contributed by atoms with van der Waals surface area (Å²) in [7, 11) is -3.67. The van der Waals surface area contributed by atoms with Gasteiger partial charge in [0.1, 0.15) is 0 Å². The van der Waals surface area contributed by atoms with Crippen LogP contribution in [0.3, 0.4) is 0 Å². The molecule has 112 valence electrons. The van der Waals surface area contributed by atoms with E-state index >= 15 is 0 Å². The Kier molecular flexibility index (Phi) is 6.24. The number of rotatable bonds is 7. The molecular weight excluding hydrogens is 294 g/mol.